The van der Waals surface area contributed by atoms with Gasteiger partial charge in [0.15, 0.2) is 6.61 Å². The Labute approximate surface area is 164 Å². The highest BCUT2D eigenvalue weighted by Crippen LogP contribution is 2.31. The molecule has 1 aliphatic heterocycles. The fourth-order valence-corrected chi connectivity index (χ4v) is 4.30. The molecule has 1 heterocycles. The summed E-state index contributed by atoms with van der Waals surface area (Å²) < 4.78 is 42.4. The van der Waals surface area contributed by atoms with Crippen molar-refractivity contribution in [3.63, 3.8) is 0 Å². The molecule has 1 amide bonds. The summed E-state index contributed by atoms with van der Waals surface area (Å²) in [6.45, 7) is 1.94. The van der Waals surface area contributed by atoms with Gasteiger partial charge in [0.05, 0.1) is 14.2 Å². The number of benzene rings is 1. The van der Waals surface area contributed by atoms with Gasteiger partial charge in [-0.1, -0.05) is 6.08 Å². The van der Waals surface area contributed by atoms with Crippen LogP contribution in [0.4, 0.5) is 0 Å². The Hall–Kier alpha value is -2.59. The predicted octanol–water partition coefficient (Wildman–Crippen LogP) is 0.656. The first-order valence-corrected chi connectivity index (χ1v) is 10.1. The standard InChI is InChI=1S/C18H24N2O7S/c1-4-5-18(22)27-13-17(21)19-8-10-20(11-9-19)28(23,24)16-12-14(25-2)6-7-15(16)26-3/h4-7,12H,8-11,13H2,1-3H3/b5-4+. The minimum absolute atomic E-state index is 0.00871. The largest absolute Gasteiger partial charge is 0.497 e. The van der Waals surface area contributed by atoms with Gasteiger partial charge < -0.3 is 19.1 Å². The molecule has 1 saturated heterocycles. The van der Waals surface area contributed by atoms with Crippen molar-refractivity contribution in [3.05, 3.63) is 30.4 Å². The second-order valence-electron chi connectivity index (χ2n) is 5.91. The zero-order chi connectivity index (χ0) is 20.7. The molecule has 0 spiro atoms. The van der Waals surface area contributed by atoms with Gasteiger partial charge in [-0.05, 0) is 19.1 Å². The Morgan fingerprint density at radius 1 is 1.11 bits per heavy atom. The van der Waals surface area contributed by atoms with E-state index in [1.807, 2.05) is 0 Å². The van der Waals surface area contributed by atoms with Crippen LogP contribution in [0.5, 0.6) is 11.5 Å². The number of methoxy groups -OCH3 is 2. The van der Waals surface area contributed by atoms with E-state index in [0.717, 1.165) is 0 Å². The molecular formula is C18H24N2O7S. The second kappa shape index (κ2) is 9.56. The highest BCUT2D eigenvalue weighted by atomic mass is 32.2. The van der Waals surface area contributed by atoms with E-state index in [-0.39, 0.29) is 49.3 Å². The van der Waals surface area contributed by atoms with Crippen molar-refractivity contribution in [1.29, 1.82) is 0 Å². The van der Waals surface area contributed by atoms with Crippen molar-refractivity contribution in [3.8, 4) is 11.5 Å². The van der Waals surface area contributed by atoms with Crippen molar-refractivity contribution in [2.45, 2.75) is 11.8 Å². The number of sulfonamides is 1. The zero-order valence-corrected chi connectivity index (χ0v) is 16.9. The molecule has 28 heavy (non-hydrogen) atoms. The number of allylic oxidation sites excluding steroid dienone is 1. The van der Waals surface area contributed by atoms with Gasteiger partial charge in [0.2, 0.25) is 10.0 Å². The first-order chi connectivity index (χ1) is 13.3. The van der Waals surface area contributed by atoms with E-state index in [4.69, 9.17) is 14.2 Å². The van der Waals surface area contributed by atoms with E-state index in [2.05, 4.69) is 0 Å². The monoisotopic (exact) mass is 412 g/mol. The van der Waals surface area contributed by atoms with Crippen LogP contribution >= 0.6 is 0 Å². The summed E-state index contributed by atoms with van der Waals surface area (Å²) in [4.78, 5) is 24.9. The number of esters is 1. The molecule has 10 heteroatoms. The molecule has 0 N–H and O–H groups in total. The number of piperazine rings is 1. The quantitative estimate of drug-likeness (QED) is 0.479. The molecule has 0 saturated carbocycles. The lowest BCUT2D eigenvalue weighted by molar-refractivity contribution is -0.148. The molecule has 1 fully saturated rings. The third-order valence-electron chi connectivity index (χ3n) is 4.22. The molecular weight excluding hydrogens is 388 g/mol. The third-order valence-corrected chi connectivity index (χ3v) is 6.14. The second-order valence-corrected chi connectivity index (χ2v) is 7.82. The van der Waals surface area contributed by atoms with E-state index in [1.165, 1.54) is 47.7 Å². The van der Waals surface area contributed by atoms with Crippen LogP contribution in [0.1, 0.15) is 6.92 Å². The van der Waals surface area contributed by atoms with Crippen molar-refractivity contribution in [2.24, 2.45) is 0 Å². The fourth-order valence-electron chi connectivity index (χ4n) is 2.71. The minimum Gasteiger partial charge on any atom is -0.497 e. The van der Waals surface area contributed by atoms with Gasteiger partial charge >= 0.3 is 5.97 Å². The van der Waals surface area contributed by atoms with Crippen LogP contribution in [0.25, 0.3) is 0 Å². The van der Waals surface area contributed by atoms with Crippen LogP contribution in [-0.2, 0) is 24.3 Å². The first kappa shape index (κ1) is 21.7. The molecule has 1 aromatic carbocycles. The van der Waals surface area contributed by atoms with Gasteiger partial charge in [0, 0.05) is 38.3 Å². The van der Waals surface area contributed by atoms with Crippen LogP contribution in [0.2, 0.25) is 0 Å². The molecule has 0 radical (unpaired) electrons. The lowest BCUT2D eigenvalue weighted by Gasteiger charge is -2.34. The summed E-state index contributed by atoms with van der Waals surface area (Å²) in [7, 11) is -0.978. The number of hydrogen-bond donors (Lipinski definition) is 0. The molecule has 0 bridgehead atoms. The van der Waals surface area contributed by atoms with Gasteiger partial charge in [0.25, 0.3) is 5.91 Å². The maximum Gasteiger partial charge on any atom is 0.330 e. The van der Waals surface area contributed by atoms with Gasteiger partial charge in [-0.3, -0.25) is 4.79 Å². The normalized spacial score (nSPS) is 15.5. The number of ether oxygens (including phenoxy) is 3. The maximum atomic E-state index is 13.0. The van der Waals surface area contributed by atoms with Gasteiger partial charge in [-0.15, -0.1) is 0 Å². The van der Waals surface area contributed by atoms with Gasteiger partial charge in [-0.2, -0.15) is 4.31 Å². The molecule has 154 valence electrons. The van der Waals surface area contributed by atoms with Crippen LogP contribution in [0.3, 0.4) is 0 Å². The Bertz CT molecular complexity index is 843. The summed E-state index contributed by atoms with van der Waals surface area (Å²) >= 11 is 0. The molecule has 0 aliphatic carbocycles. The van der Waals surface area contributed by atoms with Crippen molar-refractivity contribution in [1.82, 2.24) is 9.21 Å². The summed E-state index contributed by atoms with van der Waals surface area (Å²) in [6.07, 6.45) is 2.74. The van der Waals surface area contributed by atoms with Crippen molar-refractivity contribution in [2.75, 3.05) is 47.0 Å². The topological polar surface area (TPSA) is 102 Å². The molecule has 0 unspecified atom stereocenters. The average molecular weight is 412 g/mol. The van der Waals surface area contributed by atoms with E-state index in [1.54, 1.807) is 13.0 Å². The highest BCUT2D eigenvalue weighted by Gasteiger charge is 2.32. The van der Waals surface area contributed by atoms with E-state index in [0.29, 0.717) is 5.75 Å². The average Bonchev–Trinajstić information content (AvgIpc) is 2.71. The van der Waals surface area contributed by atoms with Crippen molar-refractivity contribution >= 4 is 21.9 Å². The number of carbonyl (C=O) groups excluding carboxylic acids is 2. The van der Waals surface area contributed by atoms with Gasteiger partial charge in [0.1, 0.15) is 16.4 Å². The predicted molar refractivity (Wildman–Crippen MR) is 101 cm³/mol. The Morgan fingerprint density at radius 2 is 1.79 bits per heavy atom. The Morgan fingerprint density at radius 3 is 2.36 bits per heavy atom. The van der Waals surface area contributed by atoms with Crippen molar-refractivity contribution < 1.29 is 32.2 Å². The van der Waals surface area contributed by atoms with Crippen LogP contribution in [-0.4, -0.2) is 76.5 Å². The SMILES string of the molecule is C/C=C/C(=O)OCC(=O)N1CCN(S(=O)(=O)c2cc(OC)ccc2OC)CC1. The smallest absolute Gasteiger partial charge is 0.330 e. The van der Waals surface area contributed by atoms with E-state index < -0.39 is 16.0 Å². The van der Waals surface area contributed by atoms with Crippen LogP contribution in [0.15, 0.2) is 35.2 Å². The Kier molecular flexibility index (Phi) is 7.41. The molecule has 9 nitrogen and oxygen atoms in total. The van der Waals surface area contributed by atoms with E-state index >= 15 is 0 Å². The lowest BCUT2D eigenvalue weighted by Crippen LogP contribution is -2.51. The highest BCUT2D eigenvalue weighted by molar-refractivity contribution is 7.89. The zero-order valence-electron chi connectivity index (χ0n) is 16.1. The molecule has 1 aromatic rings. The summed E-state index contributed by atoms with van der Waals surface area (Å²) in [6, 6.07) is 4.56. The van der Waals surface area contributed by atoms with Crippen LogP contribution < -0.4 is 9.47 Å². The molecule has 1 aliphatic rings. The minimum atomic E-state index is -3.82. The third kappa shape index (κ3) is 5.02. The van der Waals surface area contributed by atoms with Crippen LogP contribution in [0, 0.1) is 0 Å². The summed E-state index contributed by atoms with van der Waals surface area (Å²) in [5, 5.41) is 0. The number of nitrogens with zero attached hydrogens (tertiary/aromatic N) is 2. The number of hydrogen-bond acceptors (Lipinski definition) is 7. The summed E-state index contributed by atoms with van der Waals surface area (Å²) in [5.41, 5.74) is 0. The maximum absolute atomic E-state index is 13.0. The summed E-state index contributed by atoms with van der Waals surface area (Å²) in [5.74, 6) is -0.345. The first-order valence-electron chi connectivity index (χ1n) is 8.63. The molecule has 0 atom stereocenters. The number of rotatable bonds is 7. The van der Waals surface area contributed by atoms with Gasteiger partial charge in [-0.25, -0.2) is 13.2 Å². The fraction of sp³-hybridized carbons (Fsp3) is 0.444. The number of carbonyl (C=O) groups is 2. The molecule has 0 aromatic heterocycles. The van der Waals surface area contributed by atoms with E-state index in [9.17, 15) is 18.0 Å². The Balaban J connectivity index is 2.04. The molecule has 2 rings (SSSR count). The number of amides is 1. The lowest BCUT2D eigenvalue weighted by atomic mass is 10.3.